The van der Waals surface area contributed by atoms with Crippen molar-refractivity contribution in [3.8, 4) is 0 Å². The molecule has 0 unspecified atom stereocenters. The third kappa shape index (κ3) is 5.15. The summed E-state index contributed by atoms with van der Waals surface area (Å²) in [6, 6.07) is 13.3. The Kier molecular flexibility index (Phi) is 6.23. The van der Waals surface area contributed by atoms with Gasteiger partial charge in [0.25, 0.3) is 15.9 Å². The minimum absolute atomic E-state index is 0.237. The molecule has 0 saturated carbocycles. The molecular formula is C20H13ClF4N2O3S. The molecule has 0 spiro atoms. The molecule has 0 atom stereocenters. The molecule has 0 aromatic heterocycles. The van der Waals surface area contributed by atoms with Crippen molar-refractivity contribution in [2.24, 2.45) is 0 Å². The minimum Gasteiger partial charge on any atom is -0.319 e. The summed E-state index contributed by atoms with van der Waals surface area (Å²) in [7, 11) is -4.53. The average Bonchev–Trinajstić information content (AvgIpc) is 2.71. The summed E-state index contributed by atoms with van der Waals surface area (Å²) < 4.78 is 80.2. The highest BCUT2D eigenvalue weighted by molar-refractivity contribution is 7.92. The van der Waals surface area contributed by atoms with Crippen molar-refractivity contribution in [2.45, 2.75) is 11.1 Å². The normalized spacial score (nSPS) is 11.8. The highest BCUT2D eigenvalue weighted by Gasteiger charge is 2.31. The van der Waals surface area contributed by atoms with E-state index in [-0.39, 0.29) is 16.9 Å². The van der Waals surface area contributed by atoms with Crippen LogP contribution in [0.25, 0.3) is 0 Å². The molecule has 31 heavy (non-hydrogen) atoms. The molecule has 0 heterocycles. The Labute approximate surface area is 179 Å². The van der Waals surface area contributed by atoms with Crippen molar-refractivity contribution in [2.75, 3.05) is 10.0 Å². The number of halogens is 5. The number of nitrogens with one attached hydrogen (secondary N) is 2. The predicted molar refractivity (Wildman–Crippen MR) is 108 cm³/mol. The van der Waals surface area contributed by atoms with E-state index in [0.29, 0.717) is 6.07 Å². The van der Waals surface area contributed by atoms with Gasteiger partial charge in [-0.1, -0.05) is 35.9 Å². The van der Waals surface area contributed by atoms with Crippen LogP contribution >= 0.6 is 11.6 Å². The minimum atomic E-state index is -4.68. The molecule has 0 fully saturated rings. The molecular weight excluding hydrogens is 460 g/mol. The van der Waals surface area contributed by atoms with E-state index in [2.05, 4.69) is 5.32 Å². The van der Waals surface area contributed by atoms with E-state index in [0.717, 1.165) is 30.3 Å². The number of benzene rings is 3. The van der Waals surface area contributed by atoms with Gasteiger partial charge in [0.05, 0.1) is 16.3 Å². The van der Waals surface area contributed by atoms with Gasteiger partial charge in [-0.25, -0.2) is 12.8 Å². The number of hydrogen-bond donors (Lipinski definition) is 2. The van der Waals surface area contributed by atoms with E-state index in [4.69, 9.17) is 11.6 Å². The summed E-state index contributed by atoms with van der Waals surface area (Å²) in [5, 5.41) is 1.45. The van der Waals surface area contributed by atoms with Crippen LogP contribution in [0.15, 0.2) is 71.6 Å². The van der Waals surface area contributed by atoms with Crippen LogP contribution < -0.4 is 10.0 Å². The maximum absolute atomic E-state index is 14.6. The molecule has 5 nitrogen and oxygen atoms in total. The fourth-order valence-electron chi connectivity index (χ4n) is 2.59. The topological polar surface area (TPSA) is 75.3 Å². The highest BCUT2D eigenvalue weighted by Crippen LogP contribution is 2.33. The van der Waals surface area contributed by atoms with Crippen LogP contribution in [0.2, 0.25) is 5.02 Å². The van der Waals surface area contributed by atoms with E-state index in [1.807, 2.05) is 4.72 Å². The molecule has 162 valence electrons. The number of carbonyl (C=O) groups is 1. The molecule has 0 radical (unpaired) electrons. The Morgan fingerprint density at radius 2 is 1.61 bits per heavy atom. The molecule has 3 aromatic carbocycles. The van der Waals surface area contributed by atoms with Gasteiger partial charge in [0.2, 0.25) is 0 Å². The molecule has 11 heteroatoms. The maximum atomic E-state index is 14.6. The maximum Gasteiger partial charge on any atom is 0.416 e. The summed E-state index contributed by atoms with van der Waals surface area (Å²) in [6.45, 7) is 0. The van der Waals surface area contributed by atoms with Gasteiger partial charge in [0.15, 0.2) is 5.82 Å². The quantitative estimate of drug-likeness (QED) is 0.478. The molecule has 1 amide bonds. The first kappa shape index (κ1) is 22.6. The first-order valence-corrected chi connectivity index (χ1v) is 10.4. The van der Waals surface area contributed by atoms with Gasteiger partial charge in [-0.15, -0.1) is 0 Å². The first-order chi connectivity index (χ1) is 14.5. The number of carbonyl (C=O) groups excluding carboxylic acids is 1. The zero-order valence-electron chi connectivity index (χ0n) is 15.4. The Balaban J connectivity index is 1.88. The van der Waals surface area contributed by atoms with Crippen LogP contribution in [0.1, 0.15) is 15.9 Å². The summed E-state index contributed by atoms with van der Waals surface area (Å²) >= 11 is 5.86. The van der Waals surface area contributed by atoms with Gasteiger partial charge >= 0.3 is 6.18 Å². The number of sulfonamides is 1. The fourth-order valence-corrected chi connectivity index (χ4v) is 4.18. The molecule has 3 aromatic rings. The van der Waals surface area contributed by atoms with Gasteiger partial charge in [-0.3, -0.25) is 9.52 Å². The number of anilines is 2. The third-order valence-corrected chi connectivity index (χ3v) is 5.97. The van der Waals surface area contributed by atoms with E-state index in [1.165, 1.54) is 12.1 Å². The molecule has 2 N–H and O–H groups in total. The molecule has 3 rings (SSSR count). The smallest absolute Gasteiger partial charge is 0.319 e. The van der Waals surface area contributed by atoms with E-state index >= 15 is 0 Å². The van der Waals surface area contributed by atoms with Crippen molar-refractivity contribution in [1.82, 2.24) is 0 Å². The van der Waals surface area contributed by atoms with E-state index < -0.39 is 43.4 Å². The SMILES string of the molecule is O=C(Nc1ccc(S(=O)(=O)Nc2cccc(C(F)(F)F)c2)c(Cl)c1F)c1ccccc1. The standard InChI is InChI=1S/C20H13ClF4N2O3S/c21-17-16(31(29,30)27-14-8-4-7-13(11-14)20(23,24)25)10-9-15(18(17)22)26-19(28)12-5-2-1-3-6-12/h1-11,27H,(H,26,28). The van der Waals surface area contributed by atoms with Gasteiger partial charge in [-0.2, -0.15) is 13.2 Å². The molecule has 0 bridgehead atoms. The van der Waals surface area contributed by atoms with E-state index in [1.54, 1.807) is 18.2 Å². The fraction of sp³-hybridized carbons (Fsp3) is 0.0500. The van der Waals surface area contributed by atoms with Crippen molar-refractivity contribution in [3.63, 3.8) is 0 Å². The van der Waals surface area contributed by atoms with Crippen LogP contribution in [0, 0.1) is 5.82 Å². The number of alkyl halides is 3. The Hall–Kier alpha value is -3.11. The van der Waals surface area contributed by atoms with Crippen LogP contribution in [0.4, 0.5) is 28.9 Å². The molecule has 0 aliphatic rings. The highest BCUT2D eigenvalue weighted by atomic mass is 35.5. The molecule has 0 saturated heterocycles. The van der Waals surface area contributed by atoms with Crippen molar-refractivity contribution in [1.29, 1.82) is 0 Å². The van der Waals surface area contributed by atoms with Crippen LogP contribution in [-0.2, 0) is 16.2 Å². The Bertz CT molecular complexity index is 1230. The van der Waals surface area contributed by atoms with Crippen molar-refractivity contribution in [3.05, 3.63) is 88.7 Å². The summed E-state index contributed by atoms with van der Waals surface area (Å²) in [5.41, 5.74) is -1.57. The number of rotatable bonds is 5. The lowest BCUT2D eigenvalue weighted by Gasteiger charge is -2.14. The zero-order valence-corrected chi connectivity index (χ0v) is 16.9. The van der Waals surface area contributed by atoms with Gasteiger partial charge in [0, 0.05) is 11.3 Å². The lowest BCUT2D eigenvalue weighted by atomic mass is 10.2. The lowest BCUT2D eigenvalue weighted by Crippen LogP contribution is -2.16. The number of amides is 1. The second kappa shape index (κ2) is 8.56. The summed E-state index contributed by atoms with van der Waals surface area (Å²) in [4.78, 5) is 11.5. The number of hydrogen-bond acceptors (Lipinski definition) is 3. The molecule has 0 aliphatic heterocycles. The third-order valence-electron chi connectivity index (χ3n) is 4.06. The van der Waals surface area contributed by atoms with Crippen LogP contribution in [-0.4, -0.2) is 14.3 Å². The van der Waals surface area contributed by atoms with E-state index in [9.17, 15) is 30.8 Å². The Morgan fingerprint density at radius 1 is 0.935 bits per heavy atom. The Morgan fingerprint density at radius 3 is 2.26 bits per heavy atom. The monoisotopic (exact) mass is 472 g/mol. The van der Waals surface area contributed by atoms with Gasteiger partial charge in [-0.05, 0) is 42.5 Å². The van der Waals surface area contributed by atoms with Gasteiger partial charge < -0.3 is 5.32 Å². The summed E-state index contributed by atoms with van der Waals surface area (Å²) in [6.07, 6.45) is -4.68. The van der Waals surface area contributed by atoms with Crippen molar-refractivity contribution < 1.29 is 30.8 Å². The predicted octanol–water partition coefficient (Wildman–Crippen LogP) is 5.55. The summed E-state index contributed by atoms with van der Waals surface area (Å²) in [5.74, 6) is -1.86. The van der Waals surface area contributed by atoms with Crippen molar-refractivity contribution >= 4 is 38.9 Å². The lowest BCUT2D eigenvalue weighted by molar-refractivity contribution is -0.137. The largest absolute Gasteiger partial charge is 0.416 e. The average molecular weight is 473 g/mol. The van der Waals surface area contributed by atoms with Gasteiger partial charge in [0.1, 0.15) is 4.90 Å². The second-order valence-electron chi connectivity index (χ2n) is 6.24. The first-order valence-electron chi connectivity index (χ1n) is 8.53. The van der Waals surface area contributed by atoms with Crippen LogP contribution in [0.3, 0.4) is 0 Å². The second-order valence-corrected chi connectivity index (χ2v) is 8.27. The van der Waals surface area contributed by atoms with Crippen LogP contribution in [0.5, 0.6) is 0 Å². The molecule has 0 aliphatic carbocycles. The zero-order chi connectivity index (χ0) is 22.8.